The summed E-state index contributed by atoms with van der Waals surface area (Å²) in [6, 6.07) is 4.12. The minimum Gasteiger partial charge on any atom is -0.395 e. The van der Waals surface area contributed by atoms with Gasteiger partial charge in [-0.05, 0) is 12.5 Å². The van der Waals surface area contributed by atoms with E-state index in [0.29, 0.717) is 11.0 Å². The van der Waals surface area contributed by atoms with Crippen LogP contribution in [0.15, 0.2) is 22.7 Å². The molecule has 0 heterocycles. The minimum atomic E-state index is -0.544. The molecule has 19 heavy (non-hydrogen) atoms. The highest BCUT2D eigenvalue weighted by molar-refractivity contribution is 9.10. The van der Waals surface area contributed by atoms with Gasteiger partial charge in [0.1, 0.15) is 0 Å². The molecule has 6 nitrogen and oxygen atoms in total. The van der Waals surface area contributed by atoms with Crippen molar-refractivity contribution in [1.29, 1.82) is 0 Å². The first kappa shape index (κ1) is 15.6. The molecule has 0 spiro atoms. The summed E-state index contributed by atoms with van der Waals surface area (Å²) in [5.74, 6) is -0.319. The average molecular weight is 331 g/mol. The Kier molecular flexibility index (Phi) is 5.91. The van der Waals surface area contributed by atoms with E-state index < -0.39 is 4.92 Å². The first-order valence-electron chi connectivity index (χ1n) is 5.84. The number of nitrogens with zero attached hydrogens (tertiary/aromatic N) is 2. The molecule has 1 amide bonds. The molecular weight excluding hydrogens is 316 g/mol. The highest BCUT2D eigenvalue weighted by atomic mass is 79.9. The number of rotatable bonds is 6. The molecule has 0 atom stereocenters. The molecule has 7 heteroatoms. The standard InChI is InChI=1S/C12H15BrN2O4/c1-2-3-14(4-5-16)12(17)9-6-10(13)8-11(7-9)15(18)19/h6-8,16H,2-5H2,1H3. The van der Waals surface area contributed by atoms with Crippen molar-refractivity contribution < 1.29 is 14.8 Å². The molecule has 0 fully saturated rings. The number of benzene rings is 1. The van der Waals surface area contributed by atoms with Gasteiger partial charge < -0.3 is 10.0 Å². The topological polar surface area (TPSA) is 83.7 Å². The second-order valence-electron chi connectivity index (χ2n) is 3.97. The highest BCUT2D eigenvalue weighted by Crippen LogP contribution is 2.22. The largest absolute Gasteiger partial charge is 0.395 e. The summed E-state index contributed by atoms with van der Waals surface area (Å²) in [7, 11) is 0. The van der Waals surface area contributed by atoms with Crippen LogP contribution in [0.5, 0.6) is 0 Å². The van der Waals surface area contributed by atoms with Crippen LogP contribution in [0.3, 0.4) is 0 Å². The molecule has 0 bridgehead atoms. The first-order chi connectivity index (χ1) is 8.99. The Hall–Kier alpha value is -1.47. The van der Waals surface area contributed by atoms with Gasteiger partial charge in [-0.15, -0.1) is 0 Å². The SMILES string of the molecule is CCCN(CCO)C(=O)c1cc(Br)cc([N+](=O)[O-])c1. The highest BCUT2D eigenvalue weighted by Gasteiger charge is 2.18. The summed E-state index contributed by atoms with van der Waals surface area (Å²) in [6.45, 7) is 2.50. The van der Waals surface area contributed by atoms with Crippen LogP contribution in [0.2, 0.25) is 0 Å². The van der Waals surface area contributed by atoms with Crippen LogP contribution < -0.4 is 0 Å². The van der Waals surface area contributed by atoms with Gasteiger partial charge in [-0.25, -0.2) is 0 Å². The van der Waals surface area contributed by atoms with Crippen molar-refractivity contribution in [3.63, 3.8) is 0 Å². The van der Waals surface area contributed by atoms with E-state index in [1.54, 1.807) is 0 Å². The average Bonchev–Trinajstić information content (AvgIpc) is 2.37. The van der Waals surface area contributed by atoms with Gasteiger partial charge in [0.15, 0.2) is 0 Å². The van der Waals surface area contributed by atoms with Crippen molar-refractivity contribution in [2.75, 3.05) is 19.7 Å². The van der Waals surface area contributed by atoms with Crippen molar-refractivity contribution in [3.05, 3.63) is 38.3 Å². The summed E-state index contributed by atoms with van der Waals surface area (Å²) in [6.07, 6.45) is 0.752. The molecule has 0 aliphatic carbocycles. The summed E-state index contributed by atoms with van der Waals surface area (Å²) >= 11 is 3.15. The Morgan fingerprint density at radius 3 is 2.63 bits per heavy atom. The van der Waals surface area contributed by atoms with E-state index in [4.69, 9.17) is 5.11 Å². The molecule has 104 valence electrons. The van der Waals surface area contributed by atoms with E-state index in [1.165, 1.54) is 23.1 Å². The first-order valence-corrected chi connectivity index (χ1v) is 6.64. The number of hydrogen-bond acceptors (Lipinski definition) is 4. The van der Waals surface area contributed by atoms with Gasteiger partial charge >= 0.3 is 0 Å². The van der Waals surface area contributed by atoms with Gasteiger partial charge in [0.05, 0.1) is 11.5 Å². The maximum atomic E-state index is 12.2. The fourth-order valence-corrected chi connectivity index (χ4v) is 2.17. The Bertz CT molecular complexity index is 473. The van der Waals surface area contributed by atoms with E-state index in [0.717, 1.165) is 6.42 Å². The van der Waals surface area contributed by atoms with Crippen molar-refractivity contribution in [1.82, 2.24) is 4.90 Å². The second kappa shape index (κ2) is 7.20. The van der Waals surface area contributed by atoms with Crippen molar-refractivity contribution in [3.8, 4) is 0 Å². The van der Waals surface area contributed by atoms with Gasteiger partial charge in [0.2, 0.25) is 0 Å². The van der Waals surface area contributed by atoms with Crippen LogP contribution in [0.4, 0.5) is 5.69 Å². The number of amides is 1. The number of non-ortho nitro benzene ring substituents is 1. The number of nitro groups is 1. The lowest BCUT2D eigenvalue weighted by atomic mass is 10.1. The van der Waals surface area contributed by atoms with Gasteiger partial charge in [-0.3, -0.25) is 14.9 Å². The zero-order chi connectivity index (χ0) is 14.4. The maximum absolute atomic E-state index is 12.2. The Labute approximate surface area is 119 Å². The smallest absolute Gasteiger partial charge is 0.271 e. The molecule has 0 aliphatic heterocycles. The van der Waals surface area contributed by atoms with E-state index in [1.807, 2.05) is 6.92 Å². The van der Waals surface area contributed by atoms with Gasteiger partial charge in [0, 0.05) is 35.3 Å². The molecule has 1 N–H and O–H groups in total. The Morgan fingerprint density at radius 2 is 2.11 bits per heavy atom. The van der Waals surface area contributed by atoms with Crippen LogP contribution in [0, 0.1) is 10.1 Å². The van der Waals surface area contributed by atoms with Crippen LogP contribution >= 0.6 is 15.9 Å². The fraction of sp³-hybridized carbons (Fsp3) is 0.417. The molecule has 1 aromatic carbocycles. The van der Waals surface area contributed by atoms with E-state index in [9.17, 15) is 14.9 Å². The Balaban J connectivity index is 3.06. The van der Waals surface area contributed by atoms with E-state index in [2.05, 4.69) is 15.9 Å². The number of hydrogen-bond donors (Lipinski definition) is 1. The molecule has 0 aliphatic rings. The van der Waals surface area contributed by atoms with E-state index in [-0.39, 0.29) is 30.3 Å². The lowest BCUT2D eigenvalue weighted by molar-refractivity contribution is -0.385. The monoisotopic (exact) mass is 330 g/mol. The molecule has 0 saturated heterocycles. The van der Waals surface area contributed by atoms with Crippen molar-refractivity contribution >= 4 is 27.5 Å². The summed E-state index contributed by atoms with van der Waals surface area (Å²) in [5, 5.41) is 19.7. The van der Waals surface area contributed by atoms with Crippen LogP contribution in [-0.2, 0) is 0 Å². The third-order valence-electron chi connectivity index (χ3n) is 2.49. The molecular formula is C12H15BrN2O4. The number of aliphatic hydroxyl groups excluding tert-OH is 1. The van der Waals surface area contributed by atoms with Crippen molar-refractivity contribution in [2.24, 2.45) is 0 Å². The second-order valence-corrected chi connectivity index (χ2v) is 4.89. The summed E-state index contributed by atoms with van der Waals surface area (Å²) in [4.78, 5) is 23.9. The number of carbonyl (C=O) groups excluding carboxylic acids is 1. The molecule has 0 saturated carbocycles. The molecule has 1 aromatic rings. The zero-order valence-electron chi connectivity index (χ0n) is 10.5. The normalized spacial score (nSPS) is 10.3. The molecule has 0 unspecified atom stereocenters. The fourth-order valence-electron chi connectivity index (χ4n) is 1.69. The molecule has 0 radical (unpaired) electrons. The molecule has 1 rings (SSSR count). The number of halogens is 1. The predicted octanol–water partition coefficient (Wildman–Crippen LogP) is 2.20. The third-order valence-corrected chi connectivity index (χ3v) is 2.95. The Morgan fingerprint density at radius 1 is 1.42 bits per heavy atom. The third kappa shape index (κ3) is 4.29. The van der Waals surface area contributed by atoms with Crippen LogP contribution in [-0.4, -0.2) is 40.5 Å². The lowest BCUT2D eigenvalue weighted by Gasteiger charge is -2.21. The van der Waals surface area contributed by atoms with Crippen LogP contribution in [0.25, 0.3) is 0 Å². The quantitative estimate of drug-likeness (QED) is 0.640. The van der Waals surface area contributed by atoms with E-state index >= 15 is 0 Å². The lowest BCUT2D eigenvalue weighted by Crippen LogP contribution is -2.34. The number of aliphatic hydroxyl groups is 1. The number of carbonyl (C=O) groups is 1. The van der Waals surface area contributed by atoms with Gasteiger partial charge in [-0.1, -0.05) is 22.9 Å². The summed E-state index contributed by atoms with van der Waals surface area (Å²) < 4.78 is 0.477. The molecule has 0 aromatic heterocycles. The van der Waals surface area contributed by atoms with Gasteiger partial charge in [-0.2, -0.15) is 0 Å². The van der Waals surface area contributed by atoms with Crippen LogP contribution in [0.1, 0.15) is 23.7 Å². The van der Waals surface area contributed by atoms with Gasteiger partial charge in [0.25, 0.3) is 11.6 Å². The predicted molar refractivity (Wildman–Crippen MR) is 74.1 cm³/mol. The summed E-state index contributed by atoms with van der Waals surface area (Å²) in [5.41, 5.74) is 0.0983. The maximum Gasteiger partial charge on any atom is 0.271 e. The zero-order valence-corrected chi connectivity index (χ0v) is 12.1. The minimum absolute atomic E-state index is 0.137. The van der Waals surface area contributed by atoms with Crippen molar-refractivity contribution in [2.45, 2.75) is 13.3 Å². The number of nitro benzene ring substituents is 1.